The number of carboxylic acids is 1. The molecule has 0 aliphatic rings. The van der Waals surface area contributed by atoms with Crippen molar-refractivity contribution in [3.05, 3.63) is 17.0 Å². The van der Waals surface area contributed by atoms with Gasteiger partial charge in [0.1, 0.15) is 10.3 Å². The monoisotopic (exact) mass is 309 g/mol. The van der Waals surface area contributed by atoms with Crippen LogP contribution in [0, 0.1) is 6.92 Å². The van der Waals surface area contributed by atoms with Gasteiger partial charge in [-0.1, -0.05) is 0 Å². The molecular formula is C10H15NO4S3. The van der Waals surface area contributed by atoms with Gasteiger partial charge in [0.2, 0.25) is 0 Å². The molecule has 102 valence electrons. The third-order valence-electron chi connectivity index (χ3n) is 2.19. The van der Waals surface area contributed by atoms with Gasteiger partial charge >= 0.3 is 5.97 Å². The van der Waals surface area contributed by atoms with Crippen LogP contribution in [0.1, 0.15) is 11.3 Å². The van der Waals surface area contributed by atoms with Crippen LogP contribution in [0.2, 0.25) is 0 Å². The number of carbonyl (C=O) groups is 1. The van der Waals surface area contributed by atoms with E-state index in [1.165, 1.54) is 17.8 Å². The molecule has 0 radical (unpaired) electrons. The van der Waals surface area contributed by atoms with E-state index in [-0.39, 0.29) is 10.6 Å². The second kappa shape index (κ2) is 6.55. The van der Waals surface area contributed by atoms with Crippen LogP contribution >= 0.6 is 23.1 Å². The van der Waals surface area contributed by atoms with Crippen LogP contribution in [-0.2, 0) is 14.8 Å². The molecule has 0 spiro atoms. The van der Waals surface area contributed by atoms with E-state index in [0.717, 1.165) is 16.2 Å². The van der Waals surface area contributed by atoms with Crippen molar-refractivity contribution in [2.45, 2.75) is 23.6 Å². The number of thioether (sulfide) groups is 1. The van der Waals surface area contributed by atoms with Crippen molar-refractivity contribution in [2.24, 2.45) is 0 Å². The van der Waals surface area contributed by atoms with Gasteiger partial charge < -0.3 is 5.11 Å². The first-order valence-corrected chi connectivity index (χ1v) is 8.86. The fourth-order valence-electron chi connectivity index (χ4n) is 1.27. The molecule has 2 N–H and O–H groups in total. The van der Waals surface area contributed by atoms with E-state index in [4.69, 9.17) is 5.11 Å². The van der Waals surface area contributed by atoms with Crippen molar-refractivity contribution in [3.8, 4) is 0 Å². The van der Waals surface area contributed by atoms with Gasteiger partial charge in [-0.15, -0.1) is 11.3 Å². The molecule has 0 aliphatic carbocycles. The largest absolute Gasteiger partial charge is 0.480 e. The number of sulfonamides is 1. The van der Waals surface area contributed by atoms with Crippen LogP contribution in [0.5, 0.6) is 0 Å². The molecule has 18 heavy (non-hydrogen) atoms. The highest BCUT2D eigenvalue weighted by atomic mass is 32.2. The summed E-state index contributed by atoms with van der Waals surface area (Å²) in [5, 5.41) is 8.98. The maximum atomic E-state index is 12.0. The smallest absolute Gasteiger partial charge is 0.321 e. The van der Waals surface area contributed by atoms with Gasteiger partial charge in [-0.2, -0.15) is 16.5 Å². The molecule has 0 fully saturated rings. The van der Waals surface area contributed by atoms with E-state index in [1.807, 2.05) is 6.26 Å². The van der Waals surface area contributed by atoms with Crippen LogP contribution in [0.15, 0.2) is 16.3 Å². The Morgan fingerprint density at radius 2 is 2.22 bits per heavy atom. The molecule has 1 aromatic rings. The summed E-state index contributed by atoms with van der Waals surface area (Å²) in [4.78, 5) is 11.9. The highest BCUT2D eigenvalue weighted by Gasteiger charge is 2.25. The zero-order valence-electron chi connectivity index (χ0n) is 10.0. The van der Waals surface area contributed by atoms with Crippen LogP contribution in [-0.4, -0.2) is 37.5 Å². The third-order valence-corrected chi connectivity index (χ3v) is 5.79. The number of aliphatic carboxylic acids is 1. The van der Waals surface area contributed by atoms with Crippen LogP contribution < -0.4 is 4.72 Å². The first-order valence-electron chi connectivity index (χ1n) is 5.17. The predicted molar refractivity (Wildman–Crippen MR) is 73.8 cm³/mol. The number of hydrogen-bond donors (Lipinski definition) is 2. The maximum absolute atomic E-state index is 12.0. The van der Waals surface area contributed by atoms with E-state index < -0.39 is 22.0 Å². The Morgan fingerprint density at radius 1 is 1.56 bits per heavy atom. The van der Waals surface area contributed by atoms with Gasteiger partial charge in [0.15, 0.2) is 0 Å². The lowest BCUT2D eigenvalue weighted by Gasteiger charge is -2.13. The van der Waals surface area contributed by atoms with E-state index >= 15 is 0 Å². The number of aryl methyl sites for hydroxylation is 1. The Labute approximate surface area is 115 Å². The standard InChI is InChI=1S/C10H15NO4S3/c1-7-3-4-9(17-7)18(14,15)11-8(10(12)13)5-6-16-2/h3-4,8,11H,5-6H2,1-2H3,(H,12,13)/t8-/m0/s1. The highest BCUT2D eigenvalue weighted by molar-refractivity contribution is 7.98. The summed E-state index contributed by atoms with van der Waals surface area (Å²) >= 11 is 2.60. The molecular weight excluding hydrogens is 294 g/mol. The van der Waals surface area contributed by atoms with E-state index in [2.05, 4.69) is 4.72 Å². The lowest BCUT2D eigenvalue weighted by molar-refractivity contribution is -0.139. The van der Waals surface area contributed by atoms with Gasteiger partial charge in [0, 0.05) is 4.88 Å². The first-order chi connectivity index (χ1) is 8.36. The van der Waals surface area contributed by atoms with Crippen molar-refractivity contribution in [2.75, 3.05) is 12.0 Å². The number of thiophene rings is 1. The first kappa shape index (κ1) is 15.5. The zero-order valence-corrected chi connectivity index (χ0v) is 12.5. The molecule has 1 aromatic heterocycles. The summed E-state index contributed by atoms with van der Waals surface area (Å²) in [6.07, 6.45) is 2.11. The summed E-state index contributed by atoms with van der Waals surface area (Å²) in [5.74, 6) is -0.566. The topological polar surface area (TPSA) is 83.5 Å². The molecule has 1 rings (SSSR count). The summed E-state index contributed by atoms with van der Waals surface area (Å²) in [6.45, 7) is 1.80. The predicted octanol–water partition coefficient (Wildman–Crippen LogP) is 1.54. The summed E-state index contributed by atoms with van der Waals surface area (Å²) in [5.41, 5.74) is 0. The lowest BCUT2D eigenvalue weighted by atomic mass is 10.2. The van der Waals surface area contributed by atoms with Gasteiger partial charge in [0.05, 0.1) is 0 Å². The maximum Gasteiger partial charge on any atom is 0.321 e. The van der Waals surface area contributed by atoms with Crippen LogP contribution in [0.4, 0.5) is 0 Å². The Kier molecular flexibility index (Phi) is 5.64. The van der Waals surface area contributed by atoms with Crippen molar-refractivity contribution >= 4 is 39.1 Å². The number of nitrogens with one attached hydrogen (secondary N) is 1. The molecule has 5 nitrogen and oxygen atoms in total. The zero-order chi connectivity index (χ0) is 13.8. The minimum absolute atomic E-state index is 0.149. The van der Waals surface area contributed by atoms with E-state index in [0.29, 0.717) is 5.75 Å². The summed E-state index contributed by atoms with van der Waals surface area (Å²) in [7, 11) is -3.74. The van der Waals surface area contributed by atoms with E-state index in [1.54, 1.807) is 13.0 Å². The summed E-state index contributed by atoms with van der Waals surface area (Å²) < 4.78 is 26.3. The van der Waals surface area contributed by atoms with Crippen molar-refractivity contribution in [3.63, 3.8) is 0 Å². The number of carboxylic acid groups (broad SMARTS) is 1. The Morgan fingerprint density at radius 3 is 2.67 bits per heavy atom. The molecule has 0 unspecified atom stereocenters. The second-order valence-electron chi connectivity index (χ2n) is 3.66. The second-order valence-corrected chi connectivity index (χ2v) is 7.87. The lowest BCUT2D eigenvalue weighted by Crippen LogP contribution is -2.40. The normalized spacial score (nSPS) is 13.4. The Hall–Kier alpha value is -0.570. The average molecular weight is 309 g/mol. The molecule has 1 atom stereocenters. The van der Waals surface area contributed by atoms with Crippen LogP contribution in [0.25, 0.3) is 0 Å². The molecule has 1 heterocycles. The molecule has 0 saturated heterocycles. The van der Waals surface area contributed by atoms with Crippen molar-refractivity contribution < 1.29 is 18.3 Å². The fourth-order valence-corrected chi connectivity index (χ4v) is 4.27. The van der Waals surface area contributed by atoms with Gasteiger partial charge in [0.25, 0.3) is 10.0 Å². The average Bonchev–Trinajstić information content (AvgIpc) is 2.71. The number of rotatable bonds is 7. The quantitative estimate of drug-likeness (QED) is 0.798. The number of hydrogen-bond acceptors (Lipinski definition) is 5. The fraction of sp³-hybridized carbons (Fsp3) is 0.500. The molecule has 0 aliphatic heterocycles. The molecule has 0 saturated carbocycles. The van der Waals surface area contributed by atoms with Gasteiger partial charge in [-0.25, -0.2) is 8.42 Å². The molecule has 0 amide bonds. The Bertz CT molecular complexity index is 509. The minimum Gasteiger partial charge on any atom is -0.480 e. The molecule has 0 aromatic carbocycles. The summed E-state index contributed by atoms with van der Waals surface area (Å²) in [6, 6.07) is 2.09. The molecule has 0 bridgehead atoms. The highest BCUT2D eigenvalue weighted by Crippen LogP contribution is 2.21. The van der Waals surface area contributed by atoms with Crippen molar-refractivity contribution in [1.82, 2.24) is 4.72 Å². The Balaban J connectivity index is 2.82. The van der Waals surface area contributed by atoms with Crippen molar-refractivity contribution in [1.29, 1.82) is 0 Å². The van der Waals surface area contributed by atoms with E-state index in [9.17, 15) is 13.2 Å². The van der Waals surface area contributed by atoms with Gasteiger partial charge in [-0.3, -0.25) is 4.79 Å². The van der Waals surface area contributed by atoms with Gasteiger partial charge in [-0.05, 0) is 37.5 Å². The SMILES string of the molecule is CSCC[C@H](NS(=O)(=O)c1ccc(C)s1)C(=O)O. The molecule has 8 heteroatoms. The minimum atomic E-state index is -3.74. The van der Waals surface area contributed by atoms with Crippen LogP contribution in [0.3, 0.4) is 0 Å². The third kappa shape index (κ3) is 4.27.